The Morgan fingerprint density at radius 2 is 2.44 bits per heavy atom. The van der Waals surface area contributed by atoms with Crippen molar-refractivity contribution in [1.82, 2.24) is 5.32 Å². The molecule has 1 heterocycles. The Hall–Kier alpha value is -0.550. The van der Waals surface area contributed by atoms with Crippen LogP contribution < -0.4 is 5.32 Å². The Labute approximate surface area is 54.9 Å². The third-order valence-corrected chi connectivity index (χ3v) is 2.62. The van der Waals surface area contributed by atoms with Gasteiger partial charge in [-0.25, -0.2) is 0 Å². The van der Waals surface area contributed by atoms with Crippen LogP contribution in [0.15, 0.2) is 0 Å². The van der Waals surface area contributed by atoms with Gasteiger partial charge in [0.1, 0.15) is 0 Å². The van der Waals surface area contributed by atoms with Crippen LogP contribution in [0, 0.1) is 23.2 Å². The zero-order valence-electron chi connectivity index (χ0n) is 5.46. The van der Waals surface area contributed by atoms with Crippen LogP contribution in [0.1, 0.15) is 13.3 Å². The number of hydrogen-bond acceptors (Lipinski definition) is 2. The van der Waals surface area contributed by atoms with Gasteiger partial charge in [0.05, 0.1) is 12.1 Å². The molecule has 0 amide bonds. The molecule has 1 N–H and O–H groups in total. The average Bonchev–Trinajstić information content (AvgIpc) is 2.32. The number of rotatable bonds is 0. The summed E-state index contributed by atoms with van der Waals surface area (Å²) in [5.74, 6) is 1.67. The summed E-state index contributed by atoms with van der Waals surface area (Å²) in [4.78, 5) is 0. The minimum Gasteiger partial charge on any atom is -0.299 e. The van der Waals surface area contributed by atoms with E-state index in [0.29, 0.717) is 6.04 Å². The molecule has 0 aromatic heterocycles. The number of fused-ring (bicyclic) bond motifs is 1. The molecule has 1 aliphatic heterocycles. The maximum Gasteiger partial charge on any atom is 0.0958 e. The normalized spacial score (nSPS) is 54.2. The first-order valence-electron chi connectivity index (χ1n) is 3.48. The summed E-state index contributed by atoms with van der Waals surface area (Å²) < 4.78 is 0. The lowest BCUT2D eigenvalue weighted by Crippen LogP contribution is -2.25. The second-order valence-corrected chi connectivity index (χ2v) is 3.13. The van der Waals surface area contributed by atoms with E-state index in [1.807, 2.05) is 0 Å². The Balaban J connectivity index is 1.98. The van der Waals surface area contributed by atoms with Crippen molar-refractivity contribution in [3.05, 3.63) is 0 Å². The first-order valence-corrected chi connectivity index (χ1v) is 3.48. The molecule has 4 atom stereocenters. The summed E-state index contributed by atoms with van der Waals surface area (Å²) in [7, 11) is 0. The zero-order valence-corrected chi connectivity index (χ0v) is 5.46. The summed E-state index contributed by atoms with van der Waals surface area (Å²) in [6, 6.07) is 3.09. The zero-order chi connectivity index (χ0) is 6.43. The summed E-state index contributed by atoms with van der Waals surface area (Å²) in [6.07, 6.45) is 1.09. The highest BCUT2D eigenvalue weighted by molar-refractivity contribution is 5.13. The van der Waals surface area contributed by atoms with E-state index in [2.05, 4.69) is 18.3 Å². The molecule has 48 valence electrons. The van der Waals surface area contributed by atoms with Crippen molar-refractivity contribution in [3.63, 3.8) is 0 Å². The van der Waals surface area contributed by atoms with E-state index in [1.165, 1.54) is 0 Å². The molecular weight excluding hydrogens is 112 g/mol. The molecule has 0 aromatic carbocycles. The van der Waals surface area contributed by atoms with Crippen molar-refractivity contribution < 1.29 is 0 Å². The maximum absolute atomic E-state index is 8.48. The van der Waals surface area contributed by atoms with Crippen LogP contribution >= 0.6 is 0 Å². The van der Waals surface area contributed by atoms with Crippen molar-refractivity contribution in [2.24, 2.45) is 11.8 Å². The van der Waals surface area contributed by atoms with Crippen molar-refractivity contribution in [3.8, 4) is 6.07 Å². The molecular formula is C7H10N2. The van der Waals surface area contributed by atoms with E-state index in [4.69, 9.17) is 5.26 Å². The second-order valence-electron chi connectivity index (χ2n) is 3.13. The van der Waals surface area contributed by atoms with Gasteiger partial charge >= 0.3 is 0 Å². The van der Waals surface area contributed by atoms with Crippen LogP contribution in [0.25, 0.3) is 0 Å². The van der Waals surface area contributed by atoms with Crippen LogP contribution in [-0.2, 0) is 0 Å². The van der Waals surface area contributed by atoms with E-state index in [0.717, 1.165) is 18.3 Å². The van der Waals surface area contributed by atoms with Gasteiger partial charge in [-0.15, -0.1) is 0 Å². The van der Waals surface area contributed by atoms with Gasteiger partial charge in [-0.3, -0.25) is 5.32 Å². The monoisotopic (exact) mass is 122 g/mol. The van der Waals surface area contributed by atoms with Gasteiger partial charge in [0.25, 0.3) is 0 Å². The fraction of sp³-hybridized carbons (Fsp3) is 0.857. The van der Waals surface area contributed by atoms with Gasteiger partial charge in [0, 0.05) is 6.04 Å². The molecule has 0 bridgehead atoms. The molecule has 2 nitrogen and oxygen atoms in total. The predicted octanol–water partition coefficient (Wildman–Crippen LogP) is 0.506. The van der Waals surface area contributed by atoms with Crippen LogP contribution in [0.4, 0.5) is 0 Å². The summed E-state index contributed by atoms with van der Waals surface area (Å²) in [5.41, 5.74) is 0. The highest BCUT2D eigenvalue weighted by Crippen LogP contribution is 2.46. The minimum atomic E-state index is 0.163. The van der Waals surface area contributed by atoms with E-state index < -0.39 is 0 Å². The Morgan fingerprint density at radius 1 is 1.67 bits per heavy atom. The van der Waals surface area contributed by atoms with Crippen molar-refractivity contribution in [1.29, 1.82) is 5.26 Å². The molecule has 0 radical (unpaired) electrons. The third-order valence-electron chi connectivity index (χ3n) is 2.62. The summed E-state index contributed by atoms with van der Waals surface area (Å²) in [6.45, 7) is 2.25. The van der Waals surface area contributed by atoms with E-state index in [9.17, 15) is 0 Å². The fourth-order valence-corrected chi connectivity index (χ4v) is 1.84. The molecule has 1 saturated heterocycles. The standard InChI is InChI=1S/C7H10N2/c1-4-6-2-5(3-8)9-7(4)6/h4-7,9H,2H2,1H3/t4-,5?,6?,7?/m0/s1. The molecule has 0 spiro atoms. The Morgan fingerprint density at radius 3 is 2.89 bits per heavy atom. The number of hydrogen-bond donors (Lipinski definition) is 1. The van der Waals surface area contributed by atoms with Gasteiger partial charge in [-0.05, 0) is 18.3 Å². The second kappa shape index (κ2) is 1.48. The first kappa shape index (κ1) is 5.25. The molecule has 3 unspecified atom stereocenters. The molecule has 0 aromatic rings. The number of nitriles is 1. The van der Waals surface area contributed by atoms with Gasteiger partial charge in [-0.1, -0.05) is 6.92 Å². The number of nitrogens with zero attached hydrogens (tertiary/aromatic N) is 1. The molecule has 1 saturated carbocycles. The van der Waals surface area contributed by atoms with Crippen LogP contribution in [0.2, 0.25) is 0 Å². The van der Waals surface area contributed by atoms with Gasteiger partial charge < -0.3 is 0 Å². The highest BCUT2D eigenvalue weighted by atomic mass is 15.1. The van der Waals surface area contributed by atoms with E-state index >= 15 is 0 Å². The number of nitrogens with one attached hydrogen (secondary N) is 1. The molecule has 9 heavy (non-hydrogen) atoms. The average molecular weight is 122 g/mol. The summed E-state index contributed by atoms with van der Waals surface area (Å²) >= 11 is 0. The number of piperidine rings is 1. The van der Waals surface area contributed by atoms with E-state index in [-0.39, 0.29) is 6.04 Å². The van der Waals surface area contributed by atoms with Crippen molar-refractivity contribution in [2.45, 2.75) is 25.4 Å². The highest BCUT2D eigenvalue weighted by Gasteiger charge is 2.53. The van der Waals surface area contributed by atoms with E-state index in [1.54, 1.807) is 0 Å². The lowest BCUT2D eigenvalue weighted by Gasteiger charge is -2.02. The molecule has 2 rings (SSSR count). The molecule has 2 fully saturated rings. The van der Waals surface area contributed by atoms with Gasteiger partial charge in [0.2, 0.25) is 0 Å². The largest absolute Gasteiger partial charge is 0.299 e. The Kier molecular flexibility index (Phi) is 0.866. The molecule has 1 aliphatic carbocycles. The van der Waals surface area contributed by atoms with Crippen LogP contribution in [0.5, 0.6) is 0 Å². The lowest BCUT2D eigenvalue weighted by molar-refractivity contribution is 0.573. The maximum atomic E-state index is 8.48. The van der Waals surface area contributed by atoms with Crippen molar-refractivity contribution >= 4 is 0 Å². The third kappa shape index (κ3) is 0.585. The van der Waals surface area contributed by atoms with Crippen LogP contribution in [0.3, 0.4) is 0 Å². The topological polar surface area (TPSA) is 35.8 Å². The lowest BCUT2D eigenvalue weighted by atomic mass is 10.1. The smallest absolute Gasteiger partial charge is 0.0958 e. The Bertz CT molecular complexity index is 158. The van der Waals surface area contributed by atoms with Gasteiger partial charge in [-0.2, -0.15) is 5.26 Å². The first-order chi connectivity index (χ1) is 4.33. The van der Waals surface area contributed by atoms with Crippen molar-refractivity contribution in [2.75, 3.05) is 0 Å². The quantitative estimate of drug-likeness (QED) is 0.508. The SMILES string of the molecule is C[C@H]1C2CC(C#N)NC21. The molecule has 2 heteroatoms. The molecule has 2 aliphatic rings. The fourth-order valence-electron chi connectivity index (χ4n) is 1.84. The predicted molar refractivity (Wildman–Crippen MR) is 33.6 cm³/mol. The minimum absolute atomic E-state index is 0.163. The van der Waals surface area contributed by atoms with Crippen LogP contribution in [-0.4, -0.2) is 12.1 Å². The van der Waals surface area contributed by atoms with Gasteiger partial charge in [0.15, 0.2) is 0 Å². The summed E-state index contributed by atoms with van der Waals surface area (Å²) in [5, 5.41) is 11.7.